The molecule has 0 saturated carbocycles. The molecular weight excluding hydrogens is 344 g/mol. The van der Waals surface area contributed by atoms with Crippen LogP contribution in [0.2, 0.25) is 0 Å². The lowest BCUT2D eigenvalue weighted by Gasteiger charge is -2.33. The Bertz CT molecular complexity index is 850. The molecule has 0 bridgehead atoms. The first-order valence-corrected chi connectivity index (χ1v) is 8.17. The number of aromatic nitrogens is 4. The summed E-state index contributed by atoms with van der Waals surface area (Å²) in [6.07, 6.45) is 0. The third-order valence-corrected chi connectivity index (χ3v) is 4.60. The van der Waals surface area contributed by atoms with Gasteiger partial charge in [-0.3, -0.25) is 0 Å². The van der Waals surface area contributed by atoms with Crippen molar-refractivity contribution in [2.24, 2.45) is 0 Å². The number of aryl methyl sites for hydroxylation is 1. The van der Waals surface area contributed by atoms with Crippen LogP contribution < -0.4 is 4.90 Å². The van der Waals surface area contributed by atoms with Crippen molar-refractivity contribution in [1.82, 2.24) is 24.5 Å². The van der Waals surface area contributed by atoms with Gasteiger partial charge in [0.1, 0.15) is 5.82 Å². The van der Waals surface area contributed by atoms with Gasteiger partial charge in [-0.1, -0.05) is 15.9 Å². The second kappa shape index (κ2) is 5.17. The fourth-order valence-electron chi connectivity index (χ4n) is 2.88. The van der Waals surface area contributed by atoms with E-state index in [2.05, 4.69) is 42.9 Å². The monoisotopic (exact) mass is 360 g/mol. The lowest BCUT2D eigenvalue weighted by Crippen LogP contribution is -2.45. The molecular formula is C15H17BrN6. The number of benzene rings is 1. The fourth-order valence-corrected chi connectivity index (χ4v) is 3.23. The highest BCUT2D eigenvalue weighted by Crippen LogP contribution is 2.26. The topological polar surface area (TPSA) is 49.6 Å². The van der Waals surface area contributed by atoms with Crippen molar-refractivity contribution in [3.8, 4) is 0 Å². The van der Waals surface area contributed by atoms with Crippen LogP contribution in [-0.4, -0.2) is 57.7 Å². The van der Waals surface area contributed by atoms with E-state index in [0.29, 0.717) is 0 Å². The smallest absolute Gasteiger partial charge is 0.199 e. The molecule has 3 heterocycles. The third-order valence-electron chi connectivity index (χ3n) is 4.11. The van der Waals surface area contributed by atoms with E-state index in [1.54, 1.807) is 0 Å². The Morgan fingerprint density at radius 3 is 2.64 bits per heavy atom. The largest absolute Gasteiger partial charge is 0.351 e. The average Bonchev–Trinajstić information content (AvgIpc) is 2.89. The number of hydrogen-bond acceptors (Lipinski definition) is 5. The molecule has 0 amide bonds. The van der Waals surface area contributed by atoms with Crippen molar-refractivity contribution < 1.29 is 0 Å². The van der Waals surface area contributed by atoms with Gasteiger partial charge in [-0.15, -0.1) is 0 Å². The molecule has 1 saturated heterocycles. The van der Waals surface area contributed by atoms with Crippen molar-refractivity contribution in [2.45, 2.75) is 6.92 Å². The first-order valence-electron chi connectivity index (χ1n) is 7.38. The van der Waals surface area contributed by atoms with Crippen LogP contribution >= 0.6 is 15.9 Å². The summed E-state index contributed by atoms with van der Waals surface area (Å²) < 4.78 is 2.93. The predicted molar refractivity (Wildman–Crippen MR) is 90.4 cm³/mol. The van der Waals surface area contributed by atoms with Crippen LogP contribution in [0.1, 0.15) is 5.82 Å². The van der Waals surface area contributed by atoms with Gasteiger partial charge in [0.05, 0.1) is 11.0 Å². The van der Waals surface area contributed by atoms with E-state index in [-0.39, 0.29) is 0 Å². The predicted octanol–water partition coefficient (Wildman–Crippen LogP) is 2.10. The van der Waals surface area contributed by atoms with Crippen molar-refractivity contribution in [3.63, 3.8) is 0 Å². The first kappa shape index (κ1) is 13.9. The number of rotatable bonds is 1. The zero-order valence-electron chi connectivity index (χ0n) is 12.6. The molecule has 0 atom stereocenters. The van der Waals surface area contributed by atoms with E-state index < -0.39 is 0 Å². The summed E-state index contributed by atoms with van der Waals surface area (Å²) in [5, 5.41) is 4.56. The number of nitrogens with zero attached hydrogens (tertiary/aromatic N) is 6. The summed E-state index contributed by atoms with van der Waals surface area (Å²) in [5.41, 5.74) is 2.75. The van der Waals surface area contributed by atoms with Crippen LogP contribution in [0.25, 0.3) is 16.7 Å². The van der Waals surface area contributed by atoms with Gasteiger partial charge in [0.15, 0.2) is 11.5 Å². The molecule has 22 heavy (non-hydrogen) atoms. The highest BCUT2D eigenvalue weighted by Gasteiger charge is 2.21. The third kappa shape index (κ3) is 2.24. The van der Waals surface area contributed by atoms with Crippen molar-refractivity contribution in [3.05, 3.63) is 28.5 Å². The van der Waals surface area contributed by atoms with Gasteiger partial charge >= 0.3 is 0 Å². The van der Waals surface area contributed by atoms with Crippen molar-refractivity contribution >= 4 is 38.4 Å². The van der Waals surface area contributed by atoms with Gasteiger partial charge in [-0.05, 0) is 32.2 Å². The van der Waals surface area contributed by atoms with Crippen molar-refractivity contribution in [2.75, 3.05) is 38.1 Å². The quantitative estimate of drug-likeness (QED) is 0.665. The number of anilines is 1. The molecule has 4 rings (SSSR count). The molecule has 3 aromatic rings. The van der Waals surface area contributed by atoms with Gasteiger partial charge < -0.3 is 9.80 Å². The van der Waals surface area contributed by atoms with E-state index in [9.17, 15) is 0 Å². The molecule has 7 heteroatoms. The van der Waals surface area contributed by atoms with Crippen LogP contribution in [0.4, 0.5) is 5.82 Å². The summed E-state index contributed by atoms with van der Waals surface area (Å²) in [7, 11) is 2.15. The molecule has 1 aromatic carbocycles. The minimum absolute atomic E-state index is 0.768. The second-order valence-electron chi connectivity index (χ2n) is 5.75. The average molecular weight is 361 g/mol. The number of fused-ring (bicyclic) bond motifs is 3. The van der Waals surface area contributed by atoms with Crippen LogP contribution in [0.15, 0.2) is 22.7 Å². The maximum absolute atomic E-state index is 4.87. The van der Waals surface area contributed by atoms with Crippen LogP contribution in [-0.2, 0) is 0 Å². The molecule has 0 N–H and O–H groups in total. The highest BCUT2D eigenvalue weighted by molar-refractivity contribution is 9.10. The summed E-state index contributed by atoms with van der Waals surface area (Å²) in [4.78, 5) is 14.1. The Hall–Kier alpha value is -1.73. The lowest BCUT2D eigenvalue weighted by atomic mass is 10.3. The minimum Gasteiger partial charge on any atom is -0.351 e. The number of hydrogen-bond donors (Lipinski definition) is 0. The first-order chi connectivity index (χ1) is 10.6. The van der Waals surface area contributed by atoms with Gasteiger partial charge in [0.25, 0.3) is 0 Å². The van der Waals surface area contributed by atoms with Gasteiger partial charge in [-0.2, -0.15) is 5.10 Å². The fraction of sp³-hybridized carbons (Fsp3) is 0.400. The number of piperazine rings is 1. The SMILES string of the molecule is Cc1nc2c(N3CCN(C)CC3)nc3ccc(Br)cc3n2n1. The Morgan fingerprint density at radius 1 is 1.09 bits per heavy atom. The summed E-state index contributed by atoms with van der Waals surface area (Å²) >= 11 is 3.52. The second-order valence-corrected chi connectivity index (χ2v) is 6.67. The molecule has 1 aliphatic rings. The summed E-state index contributed by atoms with van der Waals surface area (Å²) in [5.74, 6) is 1.70. The molecule has 0 unspecified atom stereocenters. The van der Waals surface area contributed by atoms with E-state index in [1.807, 2.05) is 29.6 Å². The van der Waals surface area contributed by atoms with Crippen LogP contribution in [0, 0.1) is 6.92 Å². The molecule has 2 aromatic heterocycles. The molecule has 0 aliphatic carbocycles. The zero-order chi connectivity index (χ0) is 15.3. The standard InChI is InChI=1S/C15H17BrN6/c1-10-17-15-14(21-7-5-20(2)6-8-21)18-12-4-3-11(16)9-13(12)22(15)19-10/h3-4,9H,5-8H2,1-2H3. The maximum Gasteiger partial charge on any atom is 0.199 e. The zero-order valence-corrected chi connectivity index (χ0v) is 14.2. The Labute approximate surface area is 136 Å². The van der Waals surface area contributed by atoms with E-state index in [4.69, 9.17) is 4.98 Å². The van der Waals surface area contributed by atoms with E-state index >= 15 is 0 Å². The Morgan fingerprint density at radius 2 is 1.86 bits per heavy atom. The molecule has 1 fully saturated rings. The number of halogens is 1. The van der Waals surface area contributed by atoms with Crippen LogP contribution in [0.3, 0.4) is 0 Å². The lowest BCUT2D eigenvalue weighted by molar-refractivity contribution is 0.312. The van der Waals surface area contributed by atoms with Crippen molar-refractivity contribution in [1.29, 1.82) is 0 Å². The van der Waals surface area contributed by atoms with E-state index in [0.717, 1.165) is 59.0 Å². The summed E-state index contributed by atoms with van der Waals surface area (Å²) in [6.45, 7) is 5.93. The highest BCUT2D eigenvalue weighted by atomic mass is 79.9. The van der Waals surface area contributed by atoms with E-state index in [1.165, 1.54) is 0 Å². The van der Waals surface area contributed by atoms with Gasteiger partial charge in [0.2, 0.25) is 0 Å². The minimum atomic E-state index is 0.768. The molecule has 0 spiro atoms. The summed E-state index contributed by atoms with van der Waals surface area (Å²) in [6, 6.07) is 6.07. The van der Waals surface area contributed by atoms with Crippen LogP contribution in [0.5, 0.6) is 0 Å². The molecule has 1 aliphatic heterocycles. The Balaban J connectivity index is 1.94. The van der Waals surface area contributed by atoms with Gasteiger partial charge in [-0.25, -0.2) is 14.5 Å². The maximum atomic E-state index is 4.87. The molecule has 6 nitrogen and oxygen atoms in total. The molecule has 114 valence electrons. The Kier molecular flexibility index (Phi) is 3.27. The van der Waals surface area contributed by atoms with Gasteiger partial charge in [0, 0.05) is 30.7 Å². The molecule has 0 radical (unpaired) electrons. The normalized spacial score (nSPS) is 16.8. The number of likely N-dealkylation sites (N-methyl/N-ethyl adjacent to an activating group) is 1.